The Balaban J connectivity index is 2.40. The zero-order chi connectivity index (χ0) is 13.1. The zero-order valence-corrected chi connectivity index (χ0v) is 11.2. The maximum atomic E-state index is 5.70. The first kappa shape index (κ1) is 12.8. The molecule has 2 rings (SSSR count). The topological polar surface area (TPSA) is 72.3 Å². The zero-order valence-electron chi connectivity index (χ0n) is 11.2. The van der Waals surface area contributed by atoms with E-state index in [9.17, 15) is 0 Å². The Morgan fingerprint density at radius 2 is 2.28 bits per heavy atom. The van der Waals surface area contributed by atoms with E-state index in [0.29, 0.717) is 18.2 Å². The van der Waals surface area contributed by atoms with Crippen molar-refractivity contribution in [1.82, 2.24) is 19.6 Å². The first-order chi connectivity index (χ1) is 8.65. The van der Waals surface area contributed by atoms with Crippen molar-refractivity contribution in [3.63, 3.8) is 0 Å². The fourth-order valence-electron chi connectivity index (χ4n) is 1.97. The van der Waals surface area contributed by atoms with Crippen molar-refractivity contribution in [1.29, 1.82) is 0 Å². The van der Waals surface area contributed by atoms with Crippen molar-refractivity contribution >= 4 is 11.6 Å². The molecule has 0 aliphatic heterocycles. The minimum Gasteiger partial charge on any atom is -0.356 e. The highest BCUT2D eigenvalue weighted by Gasteiger charge is 2.14. The Hall–Kier alpha value is -1.69. The van der Waals surface area contributed by atoms with Crippen molar-refractivity contribution in [2.24, 2.45) is 11.7 Å². The van der Waals surface area contributed by atoms with E-state index < -0.39 is 0 Å². The van der Waals surface area contributed by atoms with E-state index in [4.69, 9.17) is 5.73 Å². The molecule has 0 bridgehead atoms. The number of fused-ring (bicyclic) bond motifs is 1. The standard InChI is InChI=1S/C12H20N6/c1-4-17(7-9(2)6-13)11-5-10(3)16-12-14-8-15-18(11)12/h5,8-9H,4,6-7,13H2,1-3H3. The lowest BCUT2D eigenvalue weighted by Gasteiger charge is -2.26. The Bertz CT molecular complexity index is 520. The van der Waals surface area contributed by atoms with Gasteiger partial charge in [-0.05, 0) is 26.3 Å². The van der Waals surface area contributed by atoms with E-state index in [1.165, 1.54) is 6.33 Å². The summed E-state index contributed by atoms with van der Waals surface area (Å²) in [6.07, 6.45) is 1.53. The monoisotopic (exact) mass is 248 g/mol. The summed E-state index contributed by atoms with van der Waals surface area (Å²) in [5.41, 5.74) is 6.65. The fraction of sp³-hybridized carbons (Fsp3) is 0.583. The van der Waals surface area contributed by atoms with E-state index in [1.807, 2.05) is 13.0 Å². The van der Waals surface area contributed by atoms with Gasteiger partial charge in [-0.15, -0.1) is 0 Å². The number of nitrogens with two attached hydrogens (primary N) is 1. The maximum absolute atomic E-state index is 5.70. The smallest absolute Gasteiger partial charge is 0.254 e. The van der Waals surface area contributed by atoms with Crippen LogP contribution in [-0.2, 0) is 0 Å². The second kappa shape index (κ2) is 5.30. The average Bonchev–Trinajstić information content (AvgIpc) is 2.82. The highest BCUT2D eigenvalue weighted by Crippen LogP contribution is 2.16. The maximum Gasteiger partial charge on any atom is 0.254 e. The molecule has 98 valence electrons. The van der Waals surface area contributed by atoms with Crippen LogP contribution < -0.4 is 10.6 Å². The van der Waals surface area contributed by atoms with Crippen LogP contribution in [0.2, 0.25) is 0 Å². The lowest BCUT2D eigenvalue weighted by molar-refractivity contribution is 0.569. The first-order valence-corrected chi connectivity index (χ1v) is 6.28. The molecule has 1 atom stereocenters. The Kier molecular flexibility index (Phi) is 3.76. The molecule has 2 N–H and O–H groups in total. The third kappa shape index (κ3) is 2.43. The van der Waals surface area contributed by atoms with Crippen molar-refractivity contribution in [3.05, 3.63) is 18.1 Å². The molecule has 6 nitrogen and oxygen atoms in total. The predicted octanol–water partition coefficient (Wildman–Crippen LogP) is 0.854. The normalized spacial score (nSPS) is 12.9. The van der Waals surface area contributed by atoms with Gasteiger partial charge in [0.05, 0.1) is 0 Å². The van der Waals surface area contributed by atoms with Gasteiger partial charge in [0, 0.05) is 24.8 Å². The highest BCUT2D eigenvalue weighted by molar-refractivity contribution is 5.47. The van der Waals surface area contributed by atoms with Gasteiger partial charge in [0.25, 0.3) is 5.78 Å². The molecule has 0 amide bonds. The fourth-order valence-corrected chi connectivity index (χ4v) is 1.97. The van der Waals surface area contributed by atoms with Gasteiger partial charge >= 0.3 is 0 Å². The van der Waals surface area contributed by atoms with Crippen LogP contribution in [-0.4, -0.2) is 39.2 Å². The molecule has 0 saturated carbocycles. The van der Waals surface area contributed by atoms with Crippen molar-refractivity contribution in [2.45, 2.75) is 20.8 Å². The van der Waals surface area contributed by atoms with Gasteiger partial charge in [-0.25, -0.2) is 4.98 Å². The SMILES string of the molecule is CCN(CC(C)CN)c1cc(C)nc2ncnn12. The largest absolute Gasteiger partial charge is 0.356 e. The summed E-state index contributed by atoms with van der Waals surface area (Å²) in [7, 11) is 0. The molecule has 0 aromatic carbocycles. The molecule has 1 unspecified atom stereocenters. The molecule has 0 fully saturated rings. The van der Waals surface area contributed by atoms with E-state index >= 15 is 0 Å². The average molecular weight is 248 g/mol. The summed E-state index contributed by atoms with van der Waals surface area (Å²) in [6.45, 7) is 8.74. The lowest BCUT2D eigenvalue weighted by Crippen LogP contribution is -2.33. The molecular formula is C12H20N6. The van der Waals surface area contributed by atoms with Crippen LogP contribution in [0.1, 0.15) is 19.5 Å². The molecule has 0 spiro atoms. The molecule has 0 aliphatic rings. The van der Waals surface area contributed by atoms with Gasteiger partial charge in [-0.3, -0.25) is 0 Å². The van der Waals surface area contributed by atoms with E-state index in [2.05, 4.69) is 33.8 Å². The molecule has 0 radical (unpaired) electrons. The quantitative estimate of drug-likeness (QED) is 0.849. The third-order valence-corrected chi connectivity index (χ3v) is 3.00. The molecule has 0 aliphatic carbocycles. The van der Waals surface area contributed by atoms with E-state index in [-0.39, 0.29) is 0 Å². The first-order valence-electron chi connectivity index (χ1n) is 6.28. The molecule has 6 heteroatoms. The number of aryl methyl sites for hydroxylation is 1. The Labute approximate surface area is 107 Å². The number of rotatable bonds is 5. The Morgan fingerprint density at radius 3 is 2.94 bits per heavy atom. The summed E-state index contributed by atoms with van der Waals surface area (Å²) >= 11 is 0. The van der Waals surface area contributed by atoms with Gasteiger partial charge < -0.3 is 10.6 Å². The molecule has 18 heavy (non-hydrogen) atoms. The number of hydrogen-bond acceptors (Lipinski definition) is 5. The summed E-state index contributed by atoms with van der Waals surface area (Å²) in [5, 5.41) is 4.23. The van der Waals surface area contributed by atoms with Crippen molar-refractivity contribution in [2.75, 3.05) is 24.5 Å². The van der Waals surface area contributed by atoms with Crippen LogP contribution in [0.25, 0.3) is 5.78 Å². The minimum atomic E-state index is 0.442. The van der Waals surface area contributed by atoms with Gasteiger partial charge in [0.1, 0.15) is 12.1 Å². The number of anilines is 1. The molecular weight excluding hydrogens is 228 g/mol. The van der Waals surface area contributed by atoms with Crippen molar-refractivity contribution in [3.8, 4) is 0 Å². The number of aromatic nitrogens is 4. The number of nitrogens with zero attached hydrogens (tertiary/aromatic N) is 5. The van der Waals surface area contributed by atoms with Crippen LogP contribution in [0.5, 0.6) is 0 Å². The second-order valence-corrected chi connectivity index (χ2v) is 4.61. The summed E-state index contributed by atoms with van der Waals surface area (Å²) in [5.74, 6) is 2.11. The Morgan fingerprint density at radius 1 is 1.50 bits per heavy atom. The van der Waals surface area contributed by atoms with Crippen LogP contribution in [0.4, 0.5) is 5.82 Å². The predicted molar refractivity (Wildman–Crippen MR) is 71.6 cm³/mol. The van der Waals surface area contributed by atoms with Crippen LogP contribution >= 0.6 is 0 Å². The highest BCUT2D eigenvalue weighted by atomic mass is 15.4. The second-order valence-electron chi connectivity index (χ2n) is 4.61. The summed E-state index contributed by atoms with van der Waals surface area (Å²) in [4.78, 5) is 10.8. The van der Waals surface area contributed by atoms with E-state index in [1.54, 1.807) is 4.52 Å². The third-order valence-electron chi connectivity index (χ3n) is 3.00. The lowest BCUT2D eigenvalue weighted by atomic mass is 10.1. The van der Waals surface area contributed by atoms with Gasteiger partial charge in [0.15, 0.2) is 0 Å². The van der Waals surface area contributed by atoms with Gasteiger partial charge in [-0.2, -0.15) is 14.6 Å². The molecule has 2 heterocycles. The van der Waals surface area contributed by atoms with Gasteiger partial charge in [-0.1, -0.05) is 6.92 Å². The van der Waals surface area contributed by atoms with Gasteiger partial charge in [0.2, 0.25) is 0 Å². The minimum absolute atomic E-state index is 0.442. The molecule has 0 saturated heterocycles. The summed E-state index contributed by atoms with van der Waals surface area (Å²) in [6, 6.07) is 2.04. The summed E-state index contributed by atoms with van der Waals surface area (Å²) < 4.78 is 1.78. The van der Waals surface area contributed by atoms with Crippen LogP contribution in [0.3, 0.4) is 0 Å². The van der Waals surface area contributed by atoms with Crippen LogP contribution in [0, 0.1) is 12.8 Å². The molecule has 2 aromatic rings. The van der Waals surface area contributed by atoms with E-state index in [0.717, 1.165) is 24.6 Å². The molecule has 2 aromatic heterocycles. The number of hydrogen-bond donors (Lipinski definition) is 1. The van der Waals surface area contributed by atoms with Crippen molar-refractivity contribution < 1.29 is 0 Å². The van der Waals surface area contributed by atoms with Crippen LogP contribution in [0.15, 0.2) is 12.4 Å².